The predicted octanol–water partition coefficient (Wildman–Crippen LogP) is 3.78. The van der Waals surface area contributed by atoms with E-state index >= 15 is 0 Å². The van der Waals surface area contributed by atoms with Crippen LogP contribution >= 0.6 is 0 Å². The molecule has 1 fully saturated rings. The molecule has 0 bridgehead atoms. The van der Waals surface area contributed by atoms with E-state index in [9.17, 15) is 9.50 Å². The predicted molar refractivity (Wildman–Crippen MR) is 67.2 cm³/mol. The van der Waals surface area contributed by atoms with E-state index in [0.717, 1.165) is 18.4 Å². The zero-order valence-electron chi connectivity index (χ0n) is 10.8. The Kier molecular flexibility index (Phi) is 3.26. The molecule has 94 valence electrons. The molecule has 0 heterocycles. The lowest BCUT2D eigenvalue weighted by molar-refractivity contribution is -0.0613. The summed E-state index contributed by atoms with van der Waals surface area (Å²) in [6.07, 6.45) is 2.59. The number of aryl methyl sites for hydroxylation is 1. The lowest BCUT2D eigenvalue weighted by Crippen LogP contribution is -2.39. The number of hydrogen-bond acceptors (Lipinski definition) is 1. The van der Waals surface area contributed by atoms with Gasteiger partial charge in [-0.15, -0.1) is 0 Å². The number of halogens is 1. The normalized spacial score (nSPS) is 33.7. The van der Waals surface area contributed by atoms with Gasteiger partial charge in [-0.2, -0.15) is 0 Å². The Morgan fingerprint density at radius 1 is 1.35 bits per heavy atom. The summed E-state index contributed by atoms with van der Waals surface area (Å²) in [6.45, 7) is 6.16. The van der Waals surface area contributed by atoms with Crippen molar-refractivity contribution in [3.8, 4) is 0 Å². The Balaban J connectivity index is 2.40. The van der Waals surface area contributed by atoms with Crippen LogP contribution in [-0.2, 0) is 5.60 Å². The molecule has 1 aliphatic carbocycles. The van der Waals surface area contributed by atoms with Crippen molar-refractivity contribution in [2.75, 3.05) is 0 Å². The van der Waals surface area contributed by atoms with E-state index in [4.69, 9.17) is 0 Å². The molecule has 1 aromatic rings. The first-order chi connectivity index (χ1) is 7.93. The lowest BCUT2D eigenvalue weighted by Gasteiger charge is -2.41. The Bertz CT molecular complexity index is 415. The highest BCUT2D eigenvalue weighted by Gasteiger charge is 2.41. The molecule has 0 amide bonds. The van der Waals surface area contributed by atoms with Crippen molar-refractivity contribution in [2.24, 2.45) is 11.8 Å². The molecule has 3 atom stereocenters. The molecular formula is C15H21FO. The molecule has 0 aliphatic heterocycles. The third kappa shape index (κ3) is 2.23. The standard InChI is InChI=1S/C15H21FO/c1-10-4-5-14(16)13(9-10)15(17)7-6-11(2)8-12(15)3/h4-5,9,11-12,17H,6-8H2,1-3H3. The van der Waals surface area contributed by atoms with Gasteiger partial charge in [0.1, 0.15) is 5.82 Å². The fourth-order valence-electron chi connectivity index (χ4n) is 3.00. The van der Waals surface area contributed by atoms with Crippen molar-refractivity contribution in [3.05, 3.63) is 35.1 Å². The van der Waals surface area contributed by atoms with Crippen LogP contribution in [0.5, 0.6) is 0 Å². The average molecular weight is 236 g/mol. The van der Waals surface area contributed by atoms with Crippen molar-refractivity contribution in [2.45, 2.75) is 45.6 Å². The van der Waals surface area contributed by atoms with Crippen LogP contribution in [0.4, 0.5) is 4.39 Å². The summed E-state index contributed by atoms with van der Waals surface area (Å²) in [5.74, 6) is 0.459. The van der Waals surface area contributed by atoms with Crippen molar-refractivity contribution in [1.82, 2.24) is 0 Å². The van der Waals surface area contributed by atoms with Crippen LogP contribution in [0.3, 0.4) is 0 Å². The van der Waals surface area contributed by atoms with E-state index in [0.29, 0.717) is 17.9 Å². The summed E-state index contributed by atoms with van der Waals surface area (Å²) < 4.78 is 13.9. The smallest absolute Gasteiger partial charge is 0.129 e. The van der Waals surface area contributed by atoms with Crippen LogP contribution in [0.15, 0.2) is 18.2 Å². The van der Waals surface area contributed by atoms with Gasteiger partial charge < -0.3 is 5.11 Å². The Morgan fingerprint density at radius 2 is 2.06 bits per heavy atom. The Hall–Kier alpha value is -0.890. The van der Waals surface area contributed by atoms with Crippen LogP contribution in [0.1, 0.15) is 44.2 Å². The zero-order chi connectivity index (χ0) is 12.6. The van der Waals surface area contributed by atoms with Gasteiger partial charge in [0.15, 0.2) is 0 Å². The Morgan fingerprint density at radius 3 is 2.71 bits per heavy atom. The minimum absolute atomic E-state index is 0.113. The fraction of sp³-hybridized carbons (Fsp3) is 0.600. The SMILES string of the molecule is Cc1ccc(F)c(C2(O)CCC(C)CC2C)c1. The molecule has 2 heteroatoms. The number of hydrogen-bond donors (Lipinski definition) is 1. The summed E-state index contributed by atoms with van der Waals surface area (Å²) in [7, 11) is 0. The molecule has 0 radical (unpaired) electrons. The number of benzene rings is 1. The van der Waals surface area contributed by atoms with Gasteiger partial charge in [-0.25, -0.2) is 4.39 Å². The van der Waals surface area contributed by atoms with Gasteiger partial charge in [-0.3, -0.25) is 0 Å². The summed E-state index contributed by atoms with van der Waals surface area (Å²) in [5, 5.41) is 10.8. The van der Waals surface area contributed by atoms with E-state index in [1.807, 2.05) is 13.8 Å². The van der Waals surface area contributed by atoms with E-state index in [1.54, 1.807) is 12.1 Å². The highest BCUT2D eigenvalue weighted by molar-refractivity contribution is 5.30. The van der Waals surface area contributed by atoms with Crippen LogP contribution in [-0.4, -0.2) is 5.11 Å². The van der Waals surface area contributed by atoms with Crippen LogP contribution in [0.25, 0.3) is 0 Å². The topological polar surface area (TPSA) is 20.2 Å². The monoisotopic (exact) mass is 236 g/mol. The van der Waals surface area contributed by atoms with Gasteiger partial charge in [0, 0.05) is 5.56 Å². The summed E-state index contributed by atoms with van der Waals surface area (Å²) in [6, 6.07) is 5.01. The zero-order valence-corrected chi connectivity index (χ0v) is 10.8. The highest BCUT2D eigenvalue weighted by atomic mass is 19.1. The molecule has 3 unspecified atom stereocenters. The van der Waals surface area contributed by atoms with E-state index < -0.39 is 5.60 Å². The second-order valence-electron chi connectivity index (χ2n) is 5.69. The summed E-state index contributed by atoms with van der Waals surface area (Å²) >= 11 is 0. The van der Waals surface area contributed by atoms with Crippen LogP contribution in [0, 0.1) is 24.6 Å². The fourth-order valence-corrected chi connectivity index (χ4v) is 3.00. The van der Waals surface area contributed by atoms with Gasteiger partial charge in [0.2, 0.25) is 0 Å². The maximum Gasteiger partial charge on any atom is 0.129 e. The number of rotatable bonds is 1. The molecule has 1 aromatic carbocycles. The van der Waals surface area contributed by atoms with Gasteiger partial charge in [0.05, 0.1) is 5.60 Å². The minimum Gasteiger partial charge on any atom is -0.385 e. The molecule has 0 spiro atoms. The quantitative estimate of drug-likeness (QED) is 0.786. The maximum absolute atomic E-state index is 13.9. The minimum atomic E-state index is -0.984. The largest absolute Gasteiger partial charge is 0.385 e. The third-order valence-corrected chi connectivity index (χ3v) is 4.18. The van der Waals surface area contributed by atoms with E-state index in [-0.39, 0.29) is 11.7 Å². The van der Waals surface area contributed by atoms with Crippen LogP contribution < -0.4 is 0 Å². The molecule has 2 rings (SSSR count). The third-order valence-electron chi connectivity index (χ3n) is 4.18. The van der Waals surface area contributed by atoms with Crippen molar-refractivity contribution < 1.29 is 9.50 Å². The second kappa shape index (κ2) is 4.41. The van der Waals surface area contributed by atoms with Gasteiger partial charge in [-0.05, 0) is 44.1 Å². The van der Waals surface area contributed by atoms with Gasteiger partial charge >= 0.3 is 0 Å². The molecule has 1 aliphatic rings. The molecule has 1 N–H and O–H groups in total. The number of aliphatic hydroxyl groups is 1. The molecule has 0 saturated heterocycles. The second-order valence-corrected chi connectivity index (χ2v) is 5.69. The van der Waals surface area contributed by atoms with Crippen molar-refractivity contribution in [1.29, 1.82) is 0 Å². The summed E-state index contributed by atoms with van der Waals surface area (Å²) in [4.78, 5) is 0. The van der Waals surface area contributed by atoms with E-state index in [1.165, 1.54) is 6.07 Å². The van der Waals surface area contributed by atoms with Gasteiger partial charge in [0.25, 0.3) is 0 Å². The van der Waals surface area contributed by atoms with Crippen molar-refractivity contribution >= 4 is 0 Å². The first kappa shape index (κ1) is 12.6. The first-order valence-electron chi connectivity index (χ1n) is 6.42. The first-order valence-corrected chi connectivity index (χ1v) is 6.42. The molecule has 1 saturated carbocycles. The average Bonchev–Trinajstić information content (AvgIpc) is 2.27. The van der Waals surface area contributed by atoms with Crippen molar-refractivity contribution in [3.63, 3.8) is 0 Å². The molecule has 0 aromatic heterocycles. The molecular weight excluding hydrogens is 215 g/mol. The maximum atomic E-state index is 13.9. The van der Waals surface area contributed by atoms with Gasteiger partial charge in [-0.1, -0.05) is 31.5 Å². The van der Waals surface area contributed by atoms with Crippen LogP contribution in [0.2, 0.25) is 0 Å². The highest BCUT2D eigenvalue weighted by Crippen LogP contribution is 2.44. The summed E-state index contributed by atoms with van der Waals surface area (Å²) in [5.41, 5.74) is 0.500. The Labute approximate surface area is 103 Å². The molecule has 1 nitrogen and oxygen atoms in total. The lowest BCUT2D eigenvalue weighted by atomic mass is 9.69. The van der Waals surface area contributed by atoms with E-state index in [2.05, 4.69) is 6.92 Å². The molecule has 17 heavy (non-hydrogen) atoms.